The lowest BCUT2D eigenvalue weighted by Crippen LogP contribution is -2.19. The van der Waals surface area contributed by atoms with Gasteiger partial charge in [-0.25, -0.2) is 5.48 Å². The molecule has 2 N–H and O–H groups in total. The van der Waals surface area contributed by atoms with Crippen LogP contribution in [0, 0.1) is 11.8 Å². The van der Waals surface area contributed by atoms with E-state index >= 15 is 0 Å². The lowest BCUT2D eigenvalue weighted by molar-refractivity contribution is 0.0700. The lowest BCUT2D eigenvalue weighted by atomic mass is 10.1. The molecule has 1 amide bonds. The van der Waals surface area contributed by atoms with E-state index in [9.17, 15) is 4.79 Å². The molecule has 24 heavy (non-hydrogen) atoms. The van der Waals surface area contributed by atoms with E-state index in [1.165, 1.54) is 12.3 Å². The molecule has 116 valence electrons. The Hall–Kier alpha value is -3.49. The van der Waals surface area contributed by atoms with E-state index in [2.05, 4.69) is 21.8 Å². The summed E-state index contributed by atoms with van der Waals surface area (Å²) in [6.07, 6.45) is 5.02. The van der Waals surface area contributed by atoms with Crippen molar-refractivity contribution in [2.75, 3.05) is 0 Å². The van der Waals surface area contributed by atoms with E-state index in [0.717, 1.165) is 16.7 Å². The average Bonchev–Trinajstić information content (AvgIpc) is 2.67. The molecular weight excluding hydrogens is 302 g/mol. The third-order valence-corrected chi connectivity index (χ3v) is 3.33. The Labute approximate surface area is 139 Å². The standard InChI is InChI=1S/C19H13N3O2/c23-19(22-24)18-12-15(9-11-21-18)4-3-14-5-7-16(8-6-14)17-2-1-10-20-13-17/h1-2,5-13,24H,(H,22,23). The molecule has 0 bridgehead atoms. The van der Waals surface area contributed by atoms with Crippen LogP contribution in [0.4, 0.5) is 0 Å². The van der Waals surface area contributed by atoms with Gasteiger partial charge in [-0.2, -0.15) is 0 Å². The number of pyridine rings is 2. The molecule has 0 saturated carbocycles. The zero-order valence-electron chi connectivity index (χ0n) is 12.6. The van der Waals surface area contributed by atoms with E-state index in [1.807, 2.05) is 42.6 Å². The maximum Gasteiger partial charge on any atom is 0.293 e. The molecule has 0 saturated heterocycles. The molecule has 5 heteroatoms. The minimum atomic E-state index is -0.667. The molecule has 5 nitrogen and oxygen atoms in total. The summed E-state index contributed by atoms with van der Waals surface area (Å²) in [7, 11) is 0. The Kier molecular flexibility index (Phi) is 4.61. The summed E-state index contributed by atoms with van der Waals surface area (Å²) < 4.78 is 0. The molecule has 3 rings (SSSR count). The summed E-state index contributed by atoms with van der Waals surface area (Å²) in [5.74, 6) is 5.34. The quantitative estimate of drug-likeness (QED) is 0.433. The van der Waals surface area contributed by atoms with Gasteiger partial charge in [0.25, 0.3) is 5.91 Å². The average molecular weight is 315 g/mol. The topological polar surface area (TPSA) is 75.1 Å². The first-order valence-electron chi connectivity index (χ1n) is 7.19. The van der Waals surface area contributed by atoms with Crippen molar-refractivity contribution in [1.29, 1.82) is 0 Å². The number of benzene rings is 1. The third-order valence-electron chi connectivity index (χ3n) is 3.33. The monoisotopic (exact) mass is 315 g/mol. The summed E-state index contributed by atoms with van der Waals surface area (Å²) in [4.78, 5) is 19.3. The predicted molar refractivity (Wildman–Crippen MR) is 89.1 cm³/mol. The van der Waals surface area contributed by atoms with E-state index < -0.39 is 5.91 Å². The fourth-order valence-electron chi connectivity index (χ4n) is 2.11. The number of nitrogens with zero attached hydrogens (tertiary/aromatic N) is 2. The van der Waals surface area contributed by atoms with Gasteiger partial charge >= 0.3 is 0 Å². The summed E-state index contributed by atoms with van der Waals surface area (Å²) in [6.45, 7) is 0. The van der Waals surface area contributed by atoms with Crippen molar-refractivity contribution in [2.24, 2.45) is 0 Å². The largest absolute Gasteiger partial charge is 0.293 e. The minimum absolute atomic E-state index is 0.108. The number of carbonyl (C=O) groups is 1. The maximum absolute atomic E-state index is 11.3. The molecule has 3 aromatic rings. The van der Waals surface area contributed by atoms with Crippen LogP contribution in [-0.4, -0.2) is 21.1 Å². The molecule has 2 aromatic heterocycles. The highest BCUT2D eigenvalue weighted by Gasteiger charge is 2.05. The van der Waals surface area contributed by atoms with Gasteiger partial charge in [-0.15, -0.1) is 0 Å². The van der Waals surface area contributed by atoms with Gasteiger partial charge in [0, 0.05) is 29.7 Å². The number of carbonyl (C=O) groups excluding carboxylic acids is 1. The van der Waals surface area contributed by atoms with Crippen molar-refractivity contribution in [1.82, 2.24) is 15.4 Å². The second-order valence-electron chi connectivity index (χ2n) is 4.94. The van der Waals surface area contributed by atoms with Crippen LogP contribution in [0.25, 0.3) is 11.1 Å². The summed E-state index contributed by atoms with van der Waals surface area (Å²) in [5.41, 5.74) is 5.27. The Morgan fingerprint density at radius 2 is 1.75 bits per heavy atom. The van der Waals surface area contributed by atoms with Gasteiger partial charge in [-0.05, 0) is 41.5 Å². The smallest absolute Gasteiger partial charge is 0.288 e. The molecule has 0 radical (unpaired) electrons. The van der Waals surface area contributed by atoms with Crippen LogP contribution in [0.3, 0.4) is 0 Å². The van der Waals surface area contributed by atoms with Crippen molar-refractivity contribution >= 4 is 5.91 Å². The molecular formula is C19H13N3O2. The van der Waals surface area contributed by atoms with Crippen LogP contribution >= 0.6 is 0 Å². The fraction of sp³-hybridized carbons (Fsp3) is 0. The molecule has 0 spiro atoms. The molecule has 0 fully saturated rings. The highest BCUT2D eigenvalue weighted by molar-refractivity contribution is 5.91. The molecule has 0 unspecified atom stereocenters. The van der Waals surface area contributed by atoms with Gasteiger partial charge < -0.3 is 0 Å². The molecule has 0 aliphatic heterocycles. The van der Waals surface area contributed by atoms with Crippen molar-refractivity contribution < 1.29 is 10.0 Å². The molecule has 0 aliphatic carbocycles. The highest BCUT2D eigenvalue weighted by Crippen LogP contribution is 2.18. The van der Waals surface area contributed by atoms with E-state index in [0.29, 0.717) is 5.56 Å². The number of nitrogens with one attached hydrogen (secondary N) is 1. The van der Waals surface area contributed by atoms with Gasteiger partial charge in [0.15, 0.2) is 0 Å². The Morgan fingerprint density at radius 1 is 0.958 bits per heavy atom. The Bertz CT molecular complexity index is 911. The van der Waals surface area contributed by atoms with Crippen molar-refractivity contribution in [3.63, 3.8) is 0 Å². The van der Waals surface area contributed by atoms with Crippen LogP contribution in [0.1, 0.15) is 21.6 Å². The predicted octanol–water partition coefficient (Wildman–Crippen LogP) is 2.66. The number of hydrogen-bond donors (Lipinski definition) is 2. The summed E-state index contributed by atoms with van der Waals surface area (Å²) >= 11 is 0. The van der Waals surface area contributed by atoms with Crippen molar-refractivity contribution in [2.45, 2.75) is 0 Å². The van der Waals surface area contributed by atoms with Gasteiger partial charge in [-0.1, -0.05) is 30.0 Å². The number of rotatable bonds is 2. The van der Waals surface area contributed by atoms with Gasteiger partial charge in [0.2, 0.25) is 0 Å². The number of amides is 1. The molecule has 1 aromatic carbocycles. The summed E-state index contributed by atoms with van der Waals surface area (Å²) in [5, 5.41) is 8.63. The Balaban J connectivity index is 1.80. The first-order valence-corrected chi connectivity index (χ1v) is 7.19. The molecule has 2 heterocycles. The summed E-state index contributed by atoms with van der Waals surface area (Å²) in [6, 6.07) is 14.9. The van der Waals surface area contributed by atoms with Gasteiger partial charge in [0.1, 0.15) is 5.69 Å². The minimum Gasteiger partial charge on any atom is -0.288 e. The Morgan fingerprint density at radius 3 is 2.46 bits per heavy atom. The van der Waals surface area contributed by atoms with Gasteiger partial charge in [0.05, 0.1) is 0 Å². The zero-order chi connectivity index (χ0) is 16.8. The van der Waals surface area contributed by atoms with E-state index in [4.69, 9.17) is 5.21 Å². The first-order chi connectivity index (χ1) is 11.8. The third kappa shape index (κ3) is 3.64. The van der Waals surface area contributed by atoms with Crippen LogP contribution in [0.2, 0.25) is 0 Å². The second kappa shape index (κ2) is 7.18. The fourth-order valence-corrected chi connectivity index (χ4v) is 2.11. The second-order valence-corrected chi connectivity index (χ2v) is 4.94. The van der Waals surface area contributed by atoms with Crippen LogP contribution in [0.5, 0.6) is 0 Å². The number of hydrogen-bond acceptors (Lipinski definition) is 4. The number of hydroxylamine groups is 1. The maximum atomic E-state index is 11.3. The van der Waals surface area contributed by atoms with Crippen LogP contribution < -0.4 is 5.48 Å². The SMILES string of the molecule is O=C(NO)c1cc(C#Cc2ccc(-c3cccnc3)cc2)ccn1. The molecule has 0 atom stereocenters. The van der Waals surface area contributed by atoms with E-state index in [-0.39, 0.29) is 5.69 Å². The van der Waals surface area contributed by atoms with Crippen molar-refractivity contribution in [3.8, 4) is 23.0 Å². The normalized spacial score (nSPS) is 9.71. The lowest BCUT2D eigenvalue weighted by Gasteiger charge is -2.00. The molecule has 0 aliphatic rings. The van der Waals surface area contributed by atoms with Gasteiger partial charge in [-0.3, -0.25) is 20.0 Å². The highest BCUT2D eigenvalue weighted by atomic mass is 16.5. The zero-order valence-corrected chi connectivity index (χ0v) is 12.6. The van der Waals surface area contributed by atoms with E-state index in [1.54, 1.807) is 17.7 Å². The number of aromatic nitrogens is 2. The first kappa shape index (κ1) is 15.4. The van der Waals surface area contributed by atoms with Crippen molar-refractivity contribution in [3.05, 3.63) is 83.9 Å². The van der Waals surface area contributed by atoms with Crippen LogP contribution in [0.15, 0.2) is 67.1 Å². The van der Waals surface area contributed by atoms with Crippen LogP contribution in [-0.2, 0) is 0 Å².